The van der Waals surface area contributed by atoms with E-state index in [0.717, 1.165) is 13.0 Å². The van der Waals surface area contributed by atoms with E-state index in [0.29, 0.717) is 6.10 Å². The monoisotopic (exact) mass is 156 g/mol. The lowest BCUT2D eigenvalue weighted by Crippen LogP contribution is -2.28. The second-order valence-corrected chi connectivity index (χ2v) is 3.22. The van der Waals surface area contributed by atoms with Crippen molar-refractivity contribution in [2.24, 2.45) is 0 Å². The average molecular weight is 156 g/mol. The topological polar surface area (TPSA) is 18.5 Å². The van der Waals surface area contributed by atoms with Crippen molar-refractivity contribution in [2.75, 3.05) is 6.61 Å². The minimum absolute atomic E-state index is 0.108. The molecule has 2 heteroatoms. The van der Waals surface area contributed by atoms with Gasteiger partial charge < -0.3 is 9.47 Å². The Balaban J connectivity index is 2.40. The number of hydrogen-bond acceptors (Lipinski definition) is 2. The summed E-state index contributed by atoms with van der Waals surface area (Å²) in [6.07, 6.45) is 3.25. The summed E-state index contributed by atoms with van der Waals surface area (Å²) in [4.78, 5) is 0. The van der Waals surface area contributed by atoms with E-state index in [1.54, 1.807) is 0 Å². The summed E-state index contributed by atoms with van der Waals surface area (Å²) in [6, 6.07) is 0. The second-order valence-electron chi connectivity index (χ2n) is 3.22. The van der Waals surface area contributed by atoms with Crippen molar-refractivity contribution >= 4 is 0 Å². The molecule has 0 aromatic rings. The normalized spacial score (nSPS) is 31.5. The van der Waals surface area contributed by atoms with E-state index >= 15 is 0 Å². The zero-order valence-electron chi connectivity index (χ0n) is 7.46. The van der Waals surface area contributed by atoms with Crippen LogP contribution in [0.5, 0.6) is 0 Å². The van der Waals surface area contributed by atoms with E-state index in [4.69, 9.17) is 9.47 Å². The van der Waals surface area contributed by atoms with Crippen molar-refractivity contribution < 1.29 is 9.47 Å². The smallest absolute Gasteiger partial charge is 0.177 e. The summed E-state index contributed by atoms with van der Waals surface area (Å²) >= 11 is 0. The Morgan fingerprint density at radius 1 is 1.45 bits per heavy atom. The molecule has 0 aromatic carbocycles. The first-order valence-electron chi connectivity index (χ1n) is 4.10. The number of allylic oxidation sites excluding steroid dienone is 1. The molecule has 2 nitrogen and oxygen atoms in total. The maximum absolute atomic E-state index is 5.50. The highest BCUT2D eigenvalue weighted by Crippen LogP contribution is 2.13. The van der Waals surface area contributed by atoms with Gasteiger partial charge in [-0.05, 0) is 33.3 Å². The lowest BCUT2D eigenvalue weighted by molar-refractivity contribution is -0.181. The molecule has 1 aliphatic rings. The molecule has 0 N–H and O–H groups in total. The summed E-state index contributed by atoms with van der Waals surface area (Å²) in [7, 11) is 0. The number of rotatable bonds is 1. The first-order valence-corrected chi connectivity index (χ1v) is 4.10. The summed E-state index contributed by atoms with van der Waals surface area (Å²) in [5.41, 5.74) is 1.24. The molecular formula is C9H16O2. The quantitative estimate of drug-likeness (QED) is 0.541. The Morgan fingerprint density at radius 2 is 2.18 bits per heavy atom. The van der Waals surface area contributed by atoms with Crippen LogP contribution in [-0.2, 0) is 9.47 Å². The zero-order valence-corrected chi connectivity index (χ0v) is 7.46. The van der Waals surface area contributed by atoms with Gasteiger partial charge in [0, 0.05) is 0 Å². The van der Waals surface area contributed by atoms with Gasteiger partial charge in [0.15, 0.2) is 6.29 Å². The molecule has 0 spiro atoms. The van der Waals surface area contributed by atoms with Gasteiger partial charge in [0.05, 0.1) is 12.7 Å². The van der Waals surface area contributed by atoms with E-state index in [1.165, 1.54) is 5.57 Å². The SMILES string of the molecule is CC(C)=CC1OCCC(C)O1. The summed E-state index contributed by atoms with van der Waals surface area (Å²) in [6.45, 7) is 6.99. The third-order valence-electron chi connectivity index (χ3n) is 1.64. The first kappa shape index (κ1) is 8.75. The molecule has 1 saturated heterocycles. The van der Waals surface area contributed by atoms with E-state index in [1.807, 2.05) is 19.9 Å². The molecule has 1 rings (SSSR count). The van der Waals surface area contributed by atoms with Crippen LogP contribution in [0, 0.1) is 0 Å². The first-order chi connectivity index (χ1) is 5.18. The predicted octanol–water partition coefficient (Wildman–Crippen LogP) is 2.10. The van der Waals surface area contributed by atoms with E-state index in [-0.39, 0.29) is 6.29 Å². The lowest BCUT2D eigenvalue weighted by atomic mass is 10.2. The Kier molecular flexibility index (Phi) is 3.09. The Bertz CT molecular complexity index is 148. The Labute approximate surface area is 68.2 Å². The van der Waals surface area contributed by atoms with Crippen LogP contribution < -0.4 is 0 Å². The minimum Gasteiger partial charge on any atom is -0.349 e. The van der Waals surface area contributed by atoms with Crippen molar-refractivity contribution in [2.45, 2.75) is 39.6 Å². The largest absolute Gasteiger partial charge is 0.349 e. The Hall–Kier alpha value is -0.340. The van der Waals surface area contributed by atoms with Crippen LogP contribution in [0.3, 0.4) is 0 Å². The van der Waals surface area contributed by atoms with E-state index in [2.05, 4.69) is 6.92 Å². The van der Waals surface area contributed by atoms with Crippen molar-refractivity contribution in [3.05, 3.63) is 11.6 Å². The van der Waals surface area contributed by atoms with Gasteiger partial charge in [-0.1, -0.05) is 5.57 Å². The molecule has 0 bridgehead atoms. The van der Waals surface area contributed by atoms with Crippen LogP contribution in [0.2, 0.25) is 0 Å². The van der Waals surface area contributed by atoms with E-state index < -0.39 is 0 Å². The lowest BCUT2D eigenvalue weighted by Gasteiger charge is -2.26. The molecule has 2 atom stereocenters. The minimum atomic E-state index is -0.108. The summed E-state index contributed by atoms with van der Waals surface area (Å²) in [5.74, 6) is 0. The molecule has 1 fully saturated rings. The van der Waals surface area contributed by atoms with Gasteiger partial charge in [0.2, 0.25) is 0 Å². The molecule has 2 unspecified atom stereocenters. The average Bonchev–Trinajstić information content (AvgIpc) is 1.85. The third kappa shape index (κ3) is 3.04. The van der Waals surface area contributed by atoms with Crippen LogP contribution >= 0.6 is 0 Å². The van der Waals surface area contributed by atoms with Crippen LogP contribution in [0.4, 0.5) is 0 Å². The van der Waals surface area contributed by atoms with Gasteiger partial charge in [-0.3, -0.25) is 0 Å². The number of ether oxygens (including phenoxy) is 2. The Morgan fingerprint density at radius 3 is 2.73 bits per heavy atom. The maximum atomic E-state index is 5.50. The molecule has 0 aromatic heterocycles. The van der Waals surface area contributed by atoms with Crippen molar-refractivity contribution in [1.82, 2.24) is 0 Å². The van der Waals surface area contributed by atoms with Crippen molar-refractivity contribution in [3.8, 4) is 0 Å². The van der Waals surface area contributed by atoms with Gasteiger partial charge in [0.1, 0.15) is 0 Å². The highest BCUT2D eigenvalue weighted by molar-refractivity contribution is 4.96. The van der Waals surface area contributed by atoms with Crippen LogP contribution in [0.25, 0.3) is 0 Å². The highest BCUT2D eigenvalue weighted by atomic mass is 16.7. The maximum Gasteiger partial charge on any atom is 0.177 e. The second kappa shape index (κ2) is 3.88. The zero-order chi connectivity index (χ0) is 8.27. The molecule has 1 heterocycles. The number of hydrogen-bond donors (Lipinski definition) is 0. The van der Waals surface area contributed by atoms with Gasteiger partial charge >= 0.3 is 0 Å². The fourth-order valence-electron chi connectivity index (χ4n) is 1.05. The molecule has 0 aliphatic carbocycles. The predicted molar refractivity (Wildman–Crippen MR) is 44.3 cm³/mol. The van der Waals surface area contributed by atoms with Crippen molar-refractivity contribution in [1.29, 1.82) is 0 Å². The fourth-order valence-corrected chi connectivity index (χ4v) is 1.05. The van der Waals surface area contributed by atoms with Crippen LogP contribution in [0.15, 0.2) is 11.6 Å². The van der Waals surface area contributed by atoms with Gasteiger partial charge in [-0.25, -0.2) is 0 Å². The van der Waals surface area contributed by atoms with Gasteiger partial charge in [0.25, 0.3) is 0 Å². The van der Waals surface area contributed by atoms with Crippen LogP contribution in [-0.4, -0.2) is 19.0 Å². The van der Waals surface area contributed by atoms with E-state index in [9.17, 15) is 0 Å². The molecule has 0 amide bonds. The standard InChI is InChI=1S/C9H16O2/c1-7(2)6-9-10-5-4-8(3)11-9/h6,8-9H,4-5H2,1-3H3. The third-order valence-corrected chi connectivity index (χ3v) is 1.64. The molecule has 1 aliphatic heterocycles. The fraction of sp³-hybridized carbons (Fsp3) is 0.778. The summed E-state index contributed by atoms with van der Waals surface area (Å²) in [5, 5.41) is 0. The molecule has 0 radical (unpaired) electrons. The molecule has 0 saturated carbocycles. The molecule has 11 heavy (non-hydrogen) atoms. The van der Waals surface area contributed by atoms with Gasteiger partial charge in [-0.15, -0.1) is 0 Å². The van der Waals surface area contributed by atoms with Crippen molar-refractivity contribution in [3.63, 3.8) is 0 Å². The summed E-state index contributed by atoms with van der Waals surface area (Å²) < 4.78 is 10.9. The van der Waals surface area contributed by atoms with Crippen LogP contribution in [0.1, 0.15) is 27.2 Å². The van der Waals surface area contributed by atoms with Gasteiger partial charge in [-0.2, -0.15) is 0 Å². The highest BCUT2D eigenvalue weighted by Gasteiger charge is 2.16. The molecule has 64 valence electrons. The molecular weight excluding hydrogens is 140 g/mol.